The van der Waals surface area contributed by atoms with Crippen LogP contribution in [-0.2, 0) is 10.2 Å². The Morgan fingerprint density at radius 2 is 2.24 bits per heavy atom. The van der Waals surface area contributed by atoms with Gasteiger partial charge in [0.05, 0.1) is 0 Å². The van der Waals surface area contributed by atoms with Crippen LogP contribution in [0.4, 0.5) is 5.82 Å². The molecule has 21 heavy (non-hydrogen) atoms. The number of nitrogens with one attached hydrogen (secondary N) is 1. The fraction of sp³-hybridized carbons (Fsp3) is 0.500. The molecule has 9 heteroatoms. The molecule has 2 aromatic rings. The van der Waals surface area contributed by atoms with Gasteiger partial charge in [-0.1, -0.05) is 0 Å². The van der Waals surface area contributed by atoms with Gasteiger partial charge in [-0.15, -0.1) is 0 Å². The van der Waals surface area contributed by atoms with Crippen molar-refractivity contribution in [1.82, 2.24) is 19.3 Å². The molecule has 3 rings (SSSR count). The van der Waals surface area contributed by atoms with E-state index in [0.29, 0.717) is 12.5 Å². The molecule has 0 radical (unpaired) electrons. The van der Waals surface area contributed by atoms with Crippen molar-refractivity contribution >= 4 is 21.5 Å². The SMILES string of the molecule is Cc1ccn2ncnc(N3CC(CCNS(N)(=O)=O)C3)c12. The molecule has 1 saturated heterocycles. The van der Waals surface area contributed by atoms with Gasteiger partial charge in [0, 0.05) is 25.8 Å². The van der Waals surface area contributed by atoms with Crippen LogP contribution >= 0.6 is 0 Å². The maximum Gasteiger partial charge on any atom is 0.274 e. The minimum atomic E-state index is -3.58. The van der Waals surface area contributed by atoms with Gasteiger partial charge >= 0.3 is 0 Å². The van der Waals surface area contributed by atoms with Crippen molar-refractivity contribution < 1.29 is 8.42 Å². The highest BCUT2D eigenvalue weighted by molar-refractivity contribution is 7.87. The highest BCUT2D eigenvalue weighted by Gasteiger charge is 2.29. The van der Waals surface area contributed by atoms with Gasteiger partial charge in [0.25, 0.3) is 10.2 Å². The van der Waals surface area contributed by atoms with Gasteiger partial charge in [-0.25, -0.2) is 19.4 Å². The monoisotopic (exact) mass is 310 g/mol. The molecule has 0 bridgehead atoms. The number of hydrogen-bond acceptors (Lipinski definition) is 5. The molecule has 3 N–H and O–H groups in total. The number of rotatable bonds is 5. The summed E-state index contributed by atoms with van der Waals surface area (Å²) in [5.41, 5.74) is 2.17. The van der Waals surface area contributed by atoms with E-state index in [-0.39, 0.29) is 0 Å². The van der Waals surface area contributed by atoms with Crippen molar-refractivity contribution in [3.8, 4) is 0 Å². The lowest BCUT2D eigenvalue weighted by Crippen LogP contribution is -2.48. The van der Waals surface area contributed by atoms with Crippen molar-refractivity contribution in [3.63, 3.8) is 0 Å². The molecule has 8 nitrogen and oxygen atoms in total. The summed E-state index contributed by atoms with van der Waals surface area (Å²) in [5, 5.41) is 9.08. The zero-order valence-corrected chi connectivity index (χ0v) is 12.5. The van der Waals surface area contributed by atoms with E-state index in [0.717, 1.165) is 36.4 Å². The third kappa shape index (κ3) is 2.99. The maximum absolute atomic E-state index is 10.8. The molecule has 0 amide bonds. The zero-order chi connectivity index (χ0) is 15.0. The minimum absolute atomic E-state index is 0.376. The van der Waals surface area contributed by atoms with Crippen molar-refractivity contribution in [2.24, 2.45) is 11.1 Å². The van der Waals surface area contributed by atoms with Crippen LogP contribution in [0.2, 0.25) is 0 Å². The van der Waals surface area contributed by atoms with Crippen molar-refractivity contribution in [3.05, 3.63) is 24.2 Å². The Morgan fingerprint density at radius 1 is 1.48 bits per heavy atom. The van der Waals surface area contributed by atoms with Gasteiger partial charge in [-0.2, -0.15) is 13.5 Å². The molecule has 1 aliphatic rings. The van der Waals surface area contributed by atoms with Gasteiger partial charge in [-0.3, -0.25) is 0 Å². The molecular weight excluding hydrogens is 292 g/mol. The Balaban J connectivity index is 1.62. The van der Waals surface area contributed by atoms with Crippen LogP contribution in [0.3, 0.4) is 0 Å². The number of nitrogens with two attached hydrogens (primary N) is 1. The zero-order valence-electron chi connectivity index (χ0n) is 11.7. The lowest BCUT2D eigenvalue weighted by molar-refractivity contribution is 0.382. The Morgan fingerprint density at radius 3 is 2.95 bits per heavy atom. The minimum Gasteiger partial charge on any atom is -0.354 e. The fourth-order valence-corrected chi connectivity index (χ4v) is 3.05. The Bertz CT molecular complexity index is 750. The van der Waals surface area contributed by atoms with Gasteiger partial charge in [0.2, 0.25) is 0 Å². The topological polar surface area (TPSA) is 106 Å². The molecule has 0 atom stereocenters. The molecule has 0 spiro atoms. The summed E-state index contributed by atoms with van der Waals surface area (Å²) in [5.74, 6) is 1.38. The lowest BCUT2D eigenvalue weighted by Gasteiger charge is -2.40. The van der Waals surface area contributed by atoms with E-state index >= 15 is 0 Å². The predicted molar refractivity (Wildman–Crippen MR) is 79.2 cm³/mol. The first-order valence-corrected chi connectivity index (χ1v) is 8.30. The second-order valence-corrected chi connectivity index (χ2v) is 6.75. The Labute approximate surface area is 123 Å². The Hall–Kier alpha value is -1.71. The summed E-state index contributed by atoms with van der Waals surface area (Å²) in [6.07, 6.45) is 4.25. The number of hydrogen-bond donors (Lipinski definition) is 2. The molecule has 1 aliphatic heterocycles. The van der Waals surface area contributed by atoms with Gasteiger partial charge in [0.15, 0.2) is 5.82 Å². The number of anilines is 1. The second-order valence-electron chi connectivity index (χ2n) is 5.37. The maximum atomic E-state index is 10.8. The standard InChI is InChI=1S/C12H18N6O2S/c1-9-3-5-18-11(9)12(14-8-15-18)17-6-10(7-17)2-4-16-21(13,19)20/h3,5,8,10,16H,2,4,6-7H2,1H3,(H2,13,19,20). The van der Waals surface area contributed by atoms with Crippen LogP contribution in [0.1, 0.15) is 12.0 Å². The largest absolute Gasteiger partial charge is 0.354 e. The average molecular weight is 310 g/mol. The molecule has 0 aromatic carbocycles. The van der Waals surface area contributed by atoms with Crippen LogP contribution in [0.5, 0.6) is 0 Å². The van der Waals surface area contributed by atoms with E-state index in [1.165, 1.54) is 0 Å². The first kappa shape index (κ1) is 14.2. The van der Waals surface area contributed by atoms with Crippen LogP contribution in [0, 0.1) is 12.8 Å². The molecule has 114 valence electrons. The fourth-order valence-electron chi connectivity index (χ4n) is 2.65. The first-order valence-electron chi connectivity index (χ1n) is 6.75. The van der Waals surface area contributed by atoms with E-state index in [2.05, 4.69) is 19.7 Å². The number of aryl methyl sites for hydroxylation is 1. The normalized spacial score (nSPS) is 16.4. The van der Waals surface area contributed by atoms with Crippen molar-refractivity contribution in [2.75, 3.05) is 24.5 Å². The third-order valence-corrected chi connectivity index (χ3v) is 4.36. The third-order valence-electron chi connectivity index (χ3n) is 3.75. The van der Waals surface area contributed by atoms with Crippen LogP contribution in [-0.4, -0.2) is 42.7 Å². The number of nitrogens with zero attached hydrogens (tertiary/aromatic N) is 4. The molecule has 0 saturated carbocycles. The van der Waals surface area contributed by atoms with E-state index in [9.17, 15) is 8.42 Å². The van der Waals surface area contributed by atoms with Gasteiger partial charge < -0.3 is 4.90 Å². The van der Waals surface area contributed by atoms with Crippen molar-refractivity contribution in [2.45, 2.75) is 13.3 Å². The quantitative estimate of drug-likeness (QED) is 0.786. The summed E-state index contributed by atoms with van der Waals surface area (Å²) in [6.45, 7) is 4.14. The van der Waals surface area contributed by atoms with Crippen molar-refractivity contribution in [1.29, 1.82) is 0 Å². The highest BCUT2D eigenvalue weighted by atomic mass is 32.2. The van der Waals surface area contributed by atoms with E-state index in [1.54, 1.807) is 6.33 Å². The van der Waals surface area contributed by atoms with E-state index in [1.807, 2.05) is 23.7 Å². The summed E-state index contributed by atoms with van der Waals surface area (Å²) >= 11 is 0. The summed E-state index contributed by atoms with van der Waals surface area (Å²) in [4.78, 5) is 6.56. The highest BCUT2D eigenvalue weighted by Crippen LogP contribution is 2.29. The molecule has 1 fully saturated rings. The Kier molecular flexibility index (Phi) is 3.56. The van der Waals surface area contributed by atoms with Crippen LogP contribution in [0.15, 0.2) is 18.6 Å². The molecule has 3 heterocycles. The van der Waals surface area contributed by atoms with Crippen LogP contribution < -0.4 is 14.8 Å². The number of aromatic nitrogens is 3. The summed E-state index contributed by atoms with van der Waals surface area (Å²) < 4.78 is 25.7. The summed E-state index contributed by atoms with van der Waals surface area (Å²) in [7, 11) is -3.58. The van der Waals surface area contributed by atoms with E-state index < -0.39 is 10.2 Å². The predicted octanol–water partition coefficient (Wildman–Crippen LogP) is -0.343. The lowest BCUT2D eigenvalue weighted by atomic mass is 9.96. The molecule has 0 unspecified atom stereocenters. The van der Waals surface area contributed by atoms with Crippen LogP contribution in [0.25, 0.3) is 5.52 Å². The number of fused-ring (bicyclic) bond motifs is 1. The summed E-state index contributed by atoms with van der Waals surface area (Å²) in [6, 6.07) is 2.01. The van der Waals surface area contributed by atoms with Gasteiger partial charge in [0.1, 0.15) is 11.8 Å². The van der Waals surface area contributed by atoms with Gasteiger partial charge in [-0.05, 0) is 30.9 Å². The second kappa shape index (κ2) is 5.24. The molecule has 2 aromatic heterocycles. The molecule has 0 aliphatic carbocycles. The first-order chi connectivity index (χ1) is 9.94. The smallest absolute Gasteiger partial charge is 0.274 e. The van der Waals surface area contributed by atoms with E-state index in [4.69, 9.17) is 5.14 Å². The average Bonchev–Trinajstić information content (AvgIpc) is 2.73. The molecular formula is C12H18N6O2S.